The molecule has 0 unspecified atom stereocenters. The van der Waals surface area contributed by atoms with E-state index in [0.717, 1.165) is 22.7 Å². The van der Waals surface area contributed by atoms with Crippen LogP contribution in [-0.4, -0.2) is 12.6 Å². The molecular weight excluding hydrogens is 384 g/mol. The minimum Gasteiger partial charge on any atom is -0.471 e. The maximum Gasteiger partial charge on any atom is 0.201 e. The summed E-state index contributed by atoms with van der Waals surface area (Å²) in [7, 11) is 0. The maximum atomic E-state index is 5.97. The Hall–Kier alpha value is -4.25. The molecular formula is C26H22N4O. The largest absolute Gasteiger partial charge is 0.471 e. The van der Waals surface area contributed by atoms with Gasteiger partial charge in [-0.15, -0.1) is 15.3 Å². The maximum absolute atomic E-state index is 5.97. The van der Waals surface area contributed by atoms with E-state index in [2.05, 4.69) is 10.2 Å². The fourth-order valence-electron chi connectivity index (χ4n) is 2.85. The van der Waals surface area contributed by atoms with Crippen LogP contribution in [0.2, 0.25) is 0 Å². The number of rotatable bonds is 7. The first-order chi connectivity index (χ1) is 15.4. The van der Waals surface area contributed by atoms with Gasteiger partial charge in [0.25, 0.3) is 0 Å². The topological polar surface area (TPSA) is 49.5 Å². The Morgan fingerprint density at radius 3 is 1.84 bits per heavy atom. The molecule has 5 heteroatoms. The van der Waals surface area contributed by atoms with Gasteiger partial charge in [-0.1, -0.05) is 84.9 Å². The van der Waals surface area contributed by atoms with Gasteiger partial charge < -0.3 is 4.74 Å². The zero-order valence-corrected chi connectivity index (χ0v) is 17.0. The average molecular weight is 406 g/mol. The smallest absolute Gasteiger partial charge is 0.201 e. The lowest BCUT2D eigenvalue weighted by Crippen LogP contribution is -2.24. The number of hydrogen-bond donors (Lipinski definition) is 0. The number of azo groups is 1. The zero-order valence-electron chi connectivity index (χ0n) is 17.0. The van der Waals surface area contributed by atoms with Crippen LogP contribution in [0.15, 0.2) is 137 Å². The number of ether oxygens (including phenoxy) is 1. The molecule has 0 bridgehead atoms. The molecule has 0 saturated heterocycles. The van der Waals surface area contributed by atoms with Crippen LogP contribution in [0, 0.1) is 0 Å². The molecule has 0 amide bonds. The Labute approximate surface area is 182 Å². The molecule has 4 rings (SSSR count). The van der Waals surface area contributed by atoms with E-state index in [1.165, 1.54) is 0 Å². The second-order valence-corrected chi connectivity index (χ2v) is 6.65. The SMILES string of the molecule is c1ccc(N=NC(=NN(COc2ccccc2)c2ccccc2)c2ccccc2)cc1. The second-order valence-electron chi connectivity index (χ2n) is 6.65. The molecule has 0 N–H and O–H groups in total. The molecule has 0 aromatic heterocycles. The van der Waals surface area contributed by atoms with Gasteiger partial charge in [-0.25, -0.2) is 5.01 Å². The predicted molar refractivity (Wildman–Crippen MR) is 125 cm³/mol. The van der Waals surface area contributed by atoms with E-state index in [-0.39, 0.29) is 6.73 Å². The monoisotopic (exact) mass is 406 g/mol. The summed E-state index contributed by atoms with van der Waals surface area (Å²) >= 11 is 0. The third-order valence-electron chi connectivity index (χ3n) is 4.41. The minimum atomic E-state index is 0.227. The van der Waals surface area contributed by atoms with Gasteiger partial charge in [-0.3, -0.25) is 0 Å². The van der Waals surface area contributed by atoms with E-state index in [9.17, 15) is 0 Å². The highest BCUT2D eigenvalue weighted by atomic mass is 16.5. The molecule has 4 aromatic carbocycles. The van der Waals surface area contributed by atoms with Gasteiger partial charge in [0, 0.05) is 5.56 Å². The minimum absolute atomic E-state index is 0.227. The van der Waals surface area contributed by atoms with Crippen molar-refractivity contribution in [1.82, 2.24) is 0 Å². The average Bonchev–Trinajstić information content (AvgIpc) is 2.86. The highest BCUT2D eigenvalue weighted by Gasteiger charge is 2.10. The van der Waals surface area contributed by atoms with E-state index < -0.39 is 0 Å². The quantitative estimate of drug-likeness (QED) is 0.113. The van der Waals surface area contributed by atoms with Crippen LogP contribution in [0.1, 0.15) is 5.56 Å². The molecule has 0 saturated carbocycles. The third-order valence-corrected chi connectivity index (χ3v) is 4.41. The molecule has 0 spiro atoms. The number of benzene rings is 4. The normalized spacial score (nSPS) is 11.4. The van der Waals surface area contributed by atoms with Crippen molar-refractivity contribution in [3.05, 3.63) is 127 Å². The van der Waals surface area contributed by atoms with Gasteiger partial charge in [0.15, 0.2) is 6.73 Å². The van der Waals surface area contributed by atoms with Crippen LogP contribution in [0.5, 0.6) is 5.75 Å². The first kappa shape index (κ1) is 20.0. The van der Waals surface area contributed by atoms with Crippen LogP contribution in [0.4, 0.5) is 11.4 Å². The fourth-order valence-corrected chi connectivity index (χ4v) is 2.85. The van der Waals surface area contributed by atoms with Crippen molar-refractivity contribution in [2.45, 2.75) is 0 Å². The Morgan fingerprint density at radius 1 is 0.645 bits per heavy atom. The van der Waals surface area contributed by atoms with Gasteiger partial charge in [0.2, 0.25) is 5.84 Å². The van der Waals surface area contributed by atoms with E-state index in [4.69, 9.17) is 9.84 Å². The molecule has 0 aliphatic heterocycles. The summed E-state index contributed by atoms with van der Waals surface area (Å²) in [5, 5.41) is 15.4. The van der Waals surface area contributed by atoms with Crippen LogP contribution in [-0.2, 0) is 0 Å². The molecule has 152 valence electrons. The van der Waals surface area contributed by atoms with E-state index in [1.807, 2.05) is 121 Å². The summed E-state index contributed by atoms with van der Waals surface area (Å²) < 4.78 is 5.97. The number of hydrogen-bond acceptors (Lipinski definition) is 4. The Morgan fingerprint density at radius 2 is 1.19 bits per heavy atom. The first-order valence-electron chi connectivity index (χ1n) is 10.00. The number of para-hydroxylation sites is 2. The highest BCUT2D eigenvalue weighted by molar-refractivity contribution is 5.99. The van der Waals surface area contributed by atoms with E-state index >= 15 is 0 Å². The van der Waals surface area contributed by atoms with Crippen molar-refractivity contribution in [3.63, 3.8) is 0 Å². The lowest BCUT2D eigenvalue weighted by molar-refractivity contribution is 0.315. The predicted octanol–water partition coefficient (Wildman–Crippen LogP) is 6.68. The highest BCUT2D eigenvalue weighted by Crippen LogP contribution is 2.18. The van der Waals surface area contributed by atoms with Gasteiger partial charge >= 0.3 is 0 Å². The summed E-state index contributed by atoms with van der Waals surface area (Å²) in [6, 6.07) is 38.9. The van der Waals surface area contributed by atoms with Crippen molar-refractivity contribution in [1.29, 1.82) is 0 Å². The van der Waals surface area contributed by atoms with Crippen molar-refractivity contribution in [2.24, 2.45) is 15.3 Å². The Balaban J connectivity index is 1.68. The zero-order chi connectivity index (χ0) is 21.1. The van der Waals surface area contributed by atoms with Crippen LogP contribution >= 0.6 is 0 Å². The molecule has 0 aliphatic rings. The summed E-state index contributed by atoms with van der Waals surface area (Å²) in [5.74, 6) is 1.26. The molecule has 0 radical (unpaired) electrons. The number of anilines is 1. The first-order valence-corrected chi connectivity index (χ1v) is 10.00. The molecule has 31 heavy (non-hydrogen) atoms. The number of nitrogens with zero attached hydrogens (tertiary/aromatic N) is 4. The molecule has 4 aromatic rings. The molecule has 0 atom stereocenters. The molecule has 0 aliphatic carbocycles. The number of amidine groups is 1. The summed E-state index contributed by atoms with van der Waals surface area (Å²) in [6.45, 7) is 0.227. The van der Waals surface area contributed by atoms with Crippen LogP contribution < -0.4 is 9.75 Å². The lowest BCUT2D eigenvalue weighted by Gasteiger charge is -2.20. The summed E-state index contributed by atoms with van der Waals surface area (Å²) in [5.41, 5.74) is 2.52. The lowest BCUT2D eigenvalue weighted by atomic mass is 10.2. The number of hydrazone groups is 1. The van der Waals surface area contributed by atoms with Gasteiger partial charge in [-0.05, 0) is 36.4 Å². The summed E-state index contributed by atoms with van der Waals surface area (Å²) in [4.78, 5) is 0. The standard InChI is InChI=1S/C26H22N4O/c1-5-13-22(14-6-1)26(28-27-23-15-7-2-8-16-23)29-30(24-17-9-3-10-18-24)21-31-25-19-11-4-12-20-25/h1-20H,21H2. The van der Waals surface area contributed by atoms with Gasteiger partial charge in [0.05, 0.1) is 11.4 Å². The molecule has 0 heterocycles. The van der Waals surface area contributed by atoms with Crippen molar-refractivity contribution in [2.75, 3.05) is 11.7 Å². The molecule has 0 fully saturated rings. The fraction of sp³-hybridized carbons (Fsp3) is 0.0385. The second kappa shape index (κ2) is 10.5. The Bertz CT molecular complexity index is 1120. The van der Waals surface area contributed by atoms with Crippen LogP contribution in [0.3, 0.4) is 0 Å². The Kier molecular flexibility index (Phi) is 6.79. The van der Waals surface area contributed by atoms with Crippen molar-refractivity contribution >= 4 is 17.2 Å². The van der Waals surface area contributed by atoms with Crippen molar-refractivity contribution < 1.29 is 4.74 Å². The van der Waals surface area contributed by atoms with Crippen molar-refractivity contribution in [3.8, 4) is 5.75 Å². The summed E-state index contributed by atoms with van der Waals surface area (Å²) in [6.07, 6.45) is 0. The van der Waals surface area contributed by atoms with E-state index in [1.54, 1.807) is 5.01 Å². The van der Waals surface area contributed by atoms with Crippen LogP contribution in [0.25, 0.3) is 0 Å². The van der Waals surface area contributed by atoms with E-state index in [0.29, 0.717) is 5.84 Å². The van der Waals surface area contributed by atoms with Gasteiger partial charge in [-0.2, -0.15) is 0 Å². The third kappa shape index (κ3) is 5.87. The molecule has 5 nitrogen and oxygen atoms in total. The van der Waals surface area contributed by atoms with Gasteiger partial charge in [0.1, 0.15) is 5.75 Å².